The minimum Gasteiger partial charge on any atom is -0.488 e. The van der Waals surface area contributed by atoms with E-state index in [1.807, 2.05) is 32.9 Å². The van der Waals surface area contributed by atoms with E-state index in [4.69, 9.17) is 49.9 Å². The molecule has 0 radical (unpaired) electrons. The number of phosphoric acid groups is 1. The van der Waals surface area contributed by atoms with E-state index in [-0.39, 0.29) is 17.4 Å². The molecule has 2 aromatic heterocycles. The van der Waals surface area contributed by atoms with E-state index in [1.54, 1.807) is 53.0 Å². The highest BCUT2D eigenvalue weighted by molar-refractivity contribution is 7.49. The Morgan fingerprint density at radius 3 is 2.15 bits per heavy atom. The minimum atomic E-state index is -4.51. The Labute approximate surface area is 390 Å². The van der Waals surface area contributed by atoms with E-state index < -0.39 is 49.2 Å². The maximum absolute atomic E-state index is 15.1. The second kappa shape index (κ2) is 22.4. The first-order valence-electron chi connectivity index (χ1n) is 24.1. The van der Waals surface area contributed by atoms with Gasteiger partial charge in [-0.05, 0) is 76.1 Å². The van der Waals surface area contributed by atoms with Crippen molar-refractivity contribution in [2.45, 2.75) is 191 Å². The van der Waals surface area contributed by atoms with E-state index in [0.29, 0.717) is 34.8 Å². The predicted molar refractivity (Wildman–Crippen MR) is 252 cm³/mol. The first kappa shape index (κ1) is 49.2. The molecule has 354 valence electrons. The van der Waals surface area contributed by atoms with Gasteiger partial charge in [0.15, 0.2) is 17.2 Å². The Bertz CT molecular complexity index is 2250. The summed E-state index contributed by atoms with van der Waals surface area (Å²) in [6, 6.07) is 19.6. The van der Waals surface area contributed by atoms with Gasteiger partial charge in [-0.15, -0.1) is 0 Å². The van der Waals surface area contributed by atoms with Gasteiger partial charge in [0.2, 0.25) is 0 Å². The number of anilines is 1. The molecule has 7 atom stereocenters. The number of phosphoric ester groups is 1. The van der Waals surface area contributed by atoms with Gasteiger partial charge < -0.3 is 29.2 Å². The van der Waals surface area contributed by atoms with Crippen molar-refractivity contribution in [3.63, 3.8) is 0 Å². The van der Waals surface area contributed by atoms with Crippen LogP contribution in [0.1, 0.15) is 167 Å². The Balaban J connectivity index is 0.960. The summed E-state index contributed by atoms with van der Waals surface area (Å²) in [6.45, 7) is 7.63. The smallest absolute Gasteiger partial charge is 0.488 e. The maximum atomic E-state index is 15.1. The van der Waals surface area contributed by atoms with Crippen LogP contribution >= 0.6 is 19.4 Å². The third kappa shape index (κ3) is 11.9. The monoisotopic (exact) mass is 933 g/mol. The first-order chi connectivity index (χ1) is 31.4. The van der Waals surface area contributed by atoms with Crippen LogP contribution < -0.4 is 15.0 Å². The summed E-state index contributed by atoms with van der Waals surface area (Å²) in [7, 11) is -4.51. The molecule has 4 aromatic rings. The molecule has 4 heterocycles. The first-order valence-corrected chi connectivity index (χ1v) is 25.9. The summed E-state index contributed by atoms with van der Waals surface area (Å²) >= 11 is 6.55. The van der Waals surface area contributed by atoms with Crippen LogP contribution in [0.15, 0.2) is 67.0 Å². The number of halogens is 1. The Hall–Kier alpha value is -3.73. The summed E-state index contributed by atoms with van der Waals surface area (Å²) in [5, 5.41) is 14.3. The zero-order valence-corrected chi connectivity index (χ0v) is 40.4. The normalized spacial score (nSPS) is 24.3. The standard InChI is InChI=1S/C50H69ClN5O8P/c1-5-6-7-8-9-10-11-12-13-14-15-16-17-18-19-20-21-22-27-39(59-38-28-25-26-37(33-38)34-52)35-58-65(57,62-43-30-24-23-29-40(43)51)63-47-49(4)50(47)45(61-48(2,3)64-50)44(60-49)41-31-32-42-46(53)54-36-55-56(41)42/h23-26,28-33,36,39,44-45,47H,5-22,27,35H2,1-4H3,(H2,53,54,55)/t39-,44+,45+,47?,49-,50-,65?/m1/s1. The highest BCUT2D eigenvalue weighted by Crippen LogP contribution is 2.74. The van der Waals surface area contributed by atoms with E-state index in [1.165, 1.54) is 103 Å². The molecule has 1 aliphatic carbocycles. The summed E-state index contributed by atoms with van der Waals surface area (Å²) in [5.41, 5.74) is 5.63. The molecule has 13 nitrogen and oxygen atoms in total. The van der Waals surface area contributed by atoms with Gasteiger partial charge in [-0.25, -0.2) is 14.1 Å². The predicted octanol–water partition coefficient (Wildman–Crippen LogP) is 13.0. The number of nitrogens with two attached hydrogens (primary N) is 1. The van der Waals surface area contributed by atoms with E-state index in [9.17, 15) is 5.26 Å². The van der Waals surface area contributed by atoms with Crippen LogP contribution in [0, 0.1) is 11.3 Å². The van der Waals surface area contributed by atoms with Crippen LogP contribution in [0.5, 0.6) is 11.5 Å². The molecular formula is C50H69ClN5O8P. The van der Waals surface area contributed by atoms with E-state index >= 15 is 4.57 Å². The summed E-state index contributed by atoms with van der Waals surface area (Å²) in [5.74, 6) is -0.0671. The lowest BCUT2D eigenvalue weighted by molar-refractivity contribution is -0.186. The molecule has 3 fully saturated rings. The average molecular weight is 935 g/mol. The number of unbranched alkanes of at least 4 members (excludes halogenated alkanes) is 17. The average Bonchev–Trinajstić information content (AvgIpc) is 3.67. The number of hydrogen-bond acceptors (Lipinski definition) is 12. The minimum absolute atomic E-state index is 0.129. The largest absolute Gasteiger partial charge is 0.530 e. The van der Waals surface area contributed by atoms with E-state index in [2.05, 4.69) is 23.1 Å². The molecule has 1 spiro atoms. The molecule has 15 heteroatoms. The number of para-hydroxylation sites is 1. The van der Waals surface area contributed by atoms with Gasteiger partial charge in [-0.2, -0.15) is 10.4 Å². The van der Waals surface area contributed by atoms with Gasteiger partial charge in [0.1, 0.15) is 53.4 Å². The fraction of sp³-hybridized carbons (Fsp3) is 0.620. The topological polar surface area (TPSA) is 162 Å². The molecule has 2 saturated heterocycles. The number of nitriles is 1. The van der Waals surface area contributed by atoms with Gasteiger partial charge >= 0.3 is 7.82 Å². The Morgan fingerprint density at radius 2 is 1.51 bits per heavy atom. The van der Waals surface area contributed by atoms with Gasteiger partial charge in [-0.3, -0.25) is 9.05 Å². The Kier molecular flexibility index (Phi) is 16.9. The number of benzene rings is 2. The quantitative estimate of drug-likeness (QED) is 0.0406. The molecule has 65 heavy (non-hydrogen) atoms. The van der Waals surface area contributed by atoms with Crippen molar-refractivity contribution < 1.29 is 37.1 Å². The fourth-order valence-corrected chi connectivity index (χ4v) is 11.4. The van der Waals surface area contributed by atoms with Gasteiger partial charge in [-0.1, -0.05) is 146 Å². The van der Waals surface area contributed by atoms with Crippen LogP contribution in [0.4, 0.5) is 5.82 Å². The molecule has 2 aromatic carbocycles. The SMILES string of the molecule is CCCCCCCCCCCCCCCCCCCC[C@H](COP(=O)(Oc1ccccc1Cl)OC1[C@@]2(C)O[C@@H](c3ccc4c(N)ncnn34)[C@@H]3OC(C)(C)O[C@@]132)Oc1cccc(C#N)c1. The van der Waals surface area contributed by atoms with Crippen molar-refractivity contribution in [3.05, 3.63) is 83.3 Å². The molecule has 0 amide bonds. The Morgan fingerprint density at radius 1 is 0.862 bits per heavy atom. The van der Waals surface area contributed by atoms with Crippen LogP contribution in [-0.2, 0) is 27.8 Å². The number of hydrogen-bond donors (Lipinski definition) is 1. The summed E-state index contributed by atoms with van der Waals surface area (Å²) in [4.78, 5) is 4.12. The highest BCUT2D eigenvalue weighted by atomic mass is 35.5. The number of aromatic nitrogens is 3. The molecule has 3 aliphatic rings. The zero-order valence-electron chi connectivity index (χ0n) is 38.8. The molecule has 2 unspecified atom stereocenters. The third-order valence-corrected chi connectivity index (χ3v) is 14.8. The molecule has 2 N–H and O–H groups in total. The van der Waals surface area contributed by atoms with Gasteiger partial charge in [0.25, 0.3) is 0 Å². The number of rotatable bonds is 29. The van der Waals surface area contributed by atoms with Crippen LogP contribution in [-0.4, -0.2) is 56.5 Å². The van der Waals surface area contributed by atoms with Crippen molar-refractivity contribution in [2.75, 3.05) is 12.3 Å². The molecule has 2 aliphatic heterocycles. The summed E-state index contributed by atoms with van der Waals surface area (Å²) in [6.07, 6.45) is 22.4. The lowest BCUT2D eigenvalue weighted by atomic mass is 10.0. The number of fused-ring (bicyclic) bond motifs is 1. The second-order valence-corrected chi connectivity index (χ2v) is 20.6. The number of nitrogens with zero attached hydrogens (tertiary/aromatic N) is 4. The van der Waals surface area contributed by atoms with Crippen LogP contribution in [0.2, 0.25) is 5.02 Å². The number of ether oxygens (including phenoxy) is 4. The molecular weight excluding hydrogens is 865 g/mol. The molecule has 7 rings (SSSR count). The van der Waals surface area contributed by atoms with Crippen LogP contribution in [0.25, 0.3) is 5.52 Å². The van der Waals surface area contributed by atoms with Gasteiger partial charge in [0, 0.05) is 0 Å². The lowest BCUT2D eigenvalue weighted by Crippen LogP contribution is -2.33. The highest BCUT2D eigenvalue weighted by Gasteiger charge is 2.92. The van der Waals surface area contributed by atoms with Crippen molar-refractivity contribution in [1.82, 2.24) is 14.6 Å². The zero-order chi connectivity index (χ0) is 45.9. The molecule has 1 saturated carbocycles. The maximum Gasteiger partial charge on any atom is 0.530 e. The van der Waals surface area contributed by atoms with Crippen molar-refractivity contribution in [1.29, 1.82) is 5.26 Å². The third-order valence-electron chi connectivity index (χ3n) is 13.1. The molecule has 0 bridgehead atoms. The number of nitrogen functional groups attached to an aromatic ring is 1. The second-order valence-electron chi connectivity index (χ2n) is 18.6. The van der Waals surface area contributed by atoms with Crippen molar-refractivity contribution in [3.8, 4) is 17.6 Å². The fourth-order valence-electron chi connectivity index (χ4n) is 9.67. The lowest BCUT2D eigenvalue weighted by Gasteiger charge is -2.27. The van der Waals surface area contributed by atoms with E-state index in [0.717, 1.165) is 19.3 Å². The van der Waals surface area contributed by atoms with Crippen molar-refractivity contribution in [2.24, 2.45) is 0 Å². The van der Waals surface area contributed by atoms with Crippen molar-refractivity contribution >= 4 is 30.8 Å². The van der Waals surface area contributed by atoms with Crippen LogP contribution in [0.3, 0.4) is 0 Å². The van der Waals surface area contributed by atoms with Gasteiger partial charge in [0.05, 0.1) is 29.0 Å². The summed E-state index contributed by atoms with van der Waals surface area (Å²) < 4.78 is 62.1.